The number of hydrogen-bond acceptors (Lipinski definition) is 2. The van der Waals surface area contributed by atoms with Gasteiger partial charge in [0, 0.05) is 12.1 Å². The molecule has 2 N–H and O–H groups in total. The molecule has 0 saturated carbocycles. The normalized spacial score (nSPS) is 13.8. The fourth-order valence-corrected chi connectivity index (χ4v) is 1.39. The summed E-state index contributed by atoms with van der Waals surface area (Å²) in [5, 5.41) is 0. The maximum atomic E-state index is 13.3. The van der Waals surface area contributed by atoms with Crippen molar-refractivity contribution in [3.8, 4) is 0 Å². The summed E-state index contributed by atoms with van der Waals surface area (Å²) in [7, 11) is 0. The molecule has 0 saturated heterocycles. The van der Waals surface area contributed by atoms with E-state index >= 15 is 0 Å². The fraction of sp³-hybridized carbons (Fsp3) is 0.538. The molecule has 17 heavy (non-hydrogen) atoms. The van der Waals surface area contributed by atoms with E-state index in [0.717, 1.165) is 6.07 Å². The van der Waals surface area contributed by atoms with Gasteiger partial charge in [-0.2, -0.15) is 0 Å². The lowest BCUT2D eigenvalue weighted by Crippen LogP contribution is -2.33. The van der Waals surface area contributed by atoms with Crippen LogP contribution in [0.1, 0.15) is 26.3 Å². The highest BCUT2D eigenvalue weighted by molar-refractivity contribution is 5.19. The van der Waals surface area contributed by atoms with E-state index in [-0.39, 0.29) is 11.6 Å². The van der Waals surface area contributed by atoms with Gasteiger partial charge in [-0.3, -0.25) is 0 Å². The first-order valence-electron chi connectivity index (χ1n) is 5.61. The molecule has 0 amide bonds. The Morgan fingerprint density at radius 2 is 1.94 bits per heavy atom. The lowest BCUT2D eigenvalue weighted by Gasteiger charge is -2.22. The summed E-state index contributed by atoms with van der Waals surface area (Å²) in [5.74, 6) is -1.14. The van der Waals surface area contributed by atoms with Crippen LogP contribution in [0.2, 0.25) is 0 Å². The van der Waals surface area contributed by atoms with Gasteiger partial charge >= 0.3 is 0 Å². The minimum Gasteiger partial charge on any atom is -0.374 e. The van der Waals surface area contributed by atoms with Crippen LogP contribution < -0.4 is 5.73 Å². The molecule has 0 heterocycles. The lowest BCUT2D eigenvalue weighted by molar-refractivity contribution is -0.00989. The van der Waals surface area contributed by atoms with Crippen molar-refractivity contribution in [3.05, 3.63) is 35.4 Å². The number of rotatable bonds is 4. The molecule has 0 aliphatic carbocycles. The minimum absolute atomic E-state index is 0.265. The van der Waals surface area contributed by atoms with E-state index in [2.05, 4.69) is 0 Å². The molecule has 0 bridgehead atoms. The molecule has 2 nitrogen and oxygen atoms in total. The zero-order chi connectivity index (χ0) is 13.1. The number of nitrogens with two attached hydrogens (primary N) is 1. The van der Waals surface area contributed by atoms with E-state index < -0.39 is 11.6 Å². The first kappa shape index (κ1) is 14.1. The standard InChI is InChI=1S/C13H19F2NO/c1-13(2,3)17-8-11(16)6-9-4-5-10(14)7-12(9)15/h4-5,7,11H,6,8,16H2,1-3H3. The van der Waals surface area contributed by atoms with Crippen LogP contribution >= 0.6 is 0 Å². The fourth-order valence-electron chi connectivity index (χ4n) is 1.39. The average molecular weight is 243 g/mol. The predicted molar refractivity (Wildman–Crippen MR) is 63.7 cm³/mol. The van der Waals surface area contributed by atoms with Crippen LogP contribution in [-0.4, -0.2) is 18.2 Å². The molecule has 1 atom stereocenters. The molecular weight excluding hydrogens is 224 g/mol. The number of halogens is 2. The summed E-state index contributed by atoms with van der Waals surface area (Å²) in [6, 6.07) is 3.22. The molecule has 4 heteroatoms. The molecule has 1 aromatic carbocycles. The van der Waals surface area contributed by atoms with Gasteiger partial charge in [0.2, 0.25) is 0 Å². The summed E-state index contributed by atoms with van der Waals surface area (Å²) in [6.07, 6.45) is 0.336. The van der Waals surface area contributed by atoms with E-state index in [1.807, 2.05) is 20.8 Å². The van der Waals surface area contributed by atoms with Gasteiger partial charge in [0.25, 0.3) is 0 Å². The van der Waals surface area contributed by atoms with Crippen LogP contribution in [0.15, 0.2) is 18.2 Å². The summed E-state index contributed by atoms with van der Waals surface area (Å²) in [6.45, 7) is 6.13. The van der Waals surface area contributed by atoms with E-state index in [0.29, 0.717) is 18.6 Å². The Balaban J connectivity index is 2.53. The second-order valence-electron chi connectivity index (χ2n) is 5.12. The van der Waals surface area contributed by atoms with Crippen molar-refractivity contribution in [2.45, 2.75) is 38.8 Å². The third-order valence-corrected chi connectivity index (χ3v) is 2.23. The van der Waals surface area contributed by atoms with Crippen LogP contribution in [0.3, 0.4) is 0 Å². The first-order chi connectivity index (χ1) is 7.78. The predicted octanol–water partition coefficient (Wildman–Crippen LogP) is 2.65. The maximum absolute atomic E-state index is 13.3. The smallest absolute Gasteiger partial charge is 0.129 e. The van der Waals surface area contributed by atoms with Crippen molar-refractivity contribution in [3.63, 3.8) is 0 Å². The van der Waals surface area contributed by atoms with E-state index in [1.54, 1.807) is 0 Å². The number of hydrogen-bond donors (Lipinski definition) is 1. The SMILES string of the molecule is CC(C)(C)OCC(N)Cc1ccc(F)cc1F. The third kappa shape index (κ3) is 5.24. The van der Waals surface area contributed by atoms with Gasteiger partial charge in [-0.15, -0.1) is 0 Å². The van der Waals surface area contributed by atoms with Gasteiger partial charge in [0.05, 0.1) is 12.2 Å². The molecule has 0 radical (unpaired) electrons. The van der Waals surface area contributed by atoms with Crippen molar-refractivity contribution in [1.82, 2.24) is 0 Å². The number of benzene rings is 1. The van der Waals surface area contributed by atoms with Gasteiger partial charge < -0.3 is 10.5 Å². The molecule has 0 aliphatic heterocycles. The second-order valence-corrected chi connectivity index (χ2v) is 5.12. The Bertz CT molecular complexity index is 374. The summed E-state index contributed by atoms with van der Waals surface area (Å²) in [5.41, 5.74) is 5.98. The van der Waals surface area contributed by atoms with Crippen molar-refractivity contribution >= 4 is 0 Å². The van der Waals surface area contributed by atoms with Crippen molar-refractivity contribution in [2.75, 3.05) is 6.61 Å². The van der Waals surface area contributed by atoms with E-state index in [9.17, 15) is 8.78 Å². The highest BCUT2D eigenvalue weighted by Gasteiger charge is 2.14. The molecule has 0 aromatic heterocycles. The van der Waals surface area contributed by atoms with Crippen LogP contribution in [-0.2, 0) is 11.2 Å². The molecule has 0 spiro atoms. The molecule has 1 unspecified atom stereocenters. The van der Waals surface area contributed by atoms with E-state index in [1.165, 1.54) is 12.1 Å². The van der Waals surface area contributed by atoms with E-state index in [4.69, 9.17) is 10.5 Å². The Kier molecular flexibility index (Phi) is 4.60. The van der Waals surface area contributed by atoms with Crippen molar-refractivity contribution in [2.24, 2.45) is 5.73 Å². The van der Waals surface area contributed by atoms with Crippen LogP contribution in [0.5, 0.6) is 0 Å². The minimum atomic E-state index is -0.578. The van der Waals surface area contributed by atoms with Crippen LogP contribution in [0, 0.1) is 11.6 Å². The molecular formula is C13H19F2NO. The summed E-state index contributed by atoms with van der Waals surface area (Å²) >= 11 is 0. The summed E-state index contributed by atoms with van der Waals surface area (Å²) < 4.78 is 31.5. The molecule has 96 valence electrons. The van der Waals surface area contributed by atoms with Gasteiger partial charge in [-0.1, -0.05) is 6.07 Å². The van der Waals surface area contributed by atoms with Gasteiger partial charge in [0.15, 0.2) is 0 Å². The van der Waals surface area contributed by atoms with Crippen LogP contribution in [0.4, 0.5) is 8.78 Å². The average Bonchev–Trinajstić information content (AvgIpc) is 2.18. The molecule has 1 rings (SSSR count). The Labute approximate surface area is 101 Å². The molecule has 1 aromatic rings. The Hall–Kier alpha value is -1.00. The Morgan fingerprint density at radius 3 is 2.47 bits per heavy atom. The van der Waals surface area contributed by atoms with Gasteiger partial charge in [-0.05, 0) is 38.8 Å². The molecule has 0 fully saturated rings. The quantitative estimate of drug-likeness (QED) is 0.882. The highest BCUT2D eigenvalue weighted by Crippen LogP contribution is 2.13. The highest BCUT2D eigenvalue weighted by atomic mass is 19.1. The monoisotopic (exact) mass is 243 g/mol. The van der Waals surface area contributed by atoms with Gasteiger partial charge in [0.1, 0.15) is 11.6 Å². The molecule has 0 aliphatic rings. The van der Waals surface area contributed by atoms with Crippen molar-refractivity contribution < 1.29 is 13.5 Å². The van der Waals surface area contributed by atoms with Crippen LogP contribution in [0.25, 0.3) is 0 Å². The zero-order valence-electron chi connectivity index (χ0n) is 10.5. The van der Waals surface area contributed by atoms with Crippen molar-refractivity contribution in [1.29, 1.82) is 0 Å². The largest absolute Gasteiger partial charge is 0.374 e. The summed E-state index contributed by atoms with van der Waals surface area (Å²) in [4.78, 5) is 0. The zero-order valence-corrected chi connectivity index (χ0v) is 10.5. The Morgan fingerprint density at radius 1 is 1.29 bits per heavy atom. The topological polar surface area (TPSA) is 35.2 Å². The maximum Gasteiger partial charge on any atom is 0.129 e. The number of ether oxygens (including phenoxy) is 1. The first-order valence-corrected chi connectivity index (χ1v) is 5.61. The second kappa shape index (κ2) is 5.56. The third-order valence-electron chi connectivity index (χ3n) is 2.23. The lowest BCUT2D eigenvalue weighted by atomic mass is 10.1. The van der Waals surface area contributed by atoms with Gasteiger partial charge in [-0.25, -0.2) is 8.78 Å².